The number of halogens is 2. The molecular weight excluding hydrogens is 290 g/mol. The van der Waals surface area contributed by atoms with Gasteiger partial charge in [-0.1, -0.05) is 30.8 Å². The van der Waals surface area contributed by atoms with E-state index in [9.17, 15) is 18.4 Å². The first-order valence-electron chi connectivity index (χ1n) is 5.78. The van der Waals surface area contributed by atoms with Gasteiger partial charge < -0.3 is 15.7 Å². The maximum Gasteiger partial charge on any atom is 0.326 e. The van der Waals surface area contributed by atoms with Gasteiger partial charge in [-0.15, -0.1) is 0 Å². The number of benzene rings is 1. The van der Waals surface area contributed by atoms with Crippen LogP contribution in [0.4, 0.5) is 19.3 Å². The van der Waals surface area contributed by atoms with Gasteiger partial charge in [0.1, 0.15) is 6.04 Å². The SMILES string of the molecule is CC[C@H](NC(=O)Nc1ccccc1SC(F)F)C(=O)O. The molecule has 5 nitrogen and oxygen atoms in total. The number of carboxylic acid groups (broad SMARTS) is 1. The van der Waals surface area contributed by atoms with Crippen molar-refractivity contribution in [2.75, 3.05) is 5.32 Å². The van der Waals surface area contributed by atoms with Gasteiger partial charge in [-0.2, -0.15) is 8.78 Å². The number of carboxylic acids is 1. The van der Waals surface area contributed by atoms with Crippen LogP contribution in [0.15, 0.2) is 29.2 Å². The summed E-state index contributed by atoms with van der Waals surface area (Å²) in [6, 6.07) is 4.29. The standard InChI is InChI=1S/C12H14F2N2O3S/c1-2-7(10(17)18)15-12(19)16-8-5-3-4-6-9(8)20-11(13)14/h3-7,11H,2H2,1H3,(H,17,18)(H2,15,16,19)/t7-/m0/s1. The van der Waals surface area contributed by atoms with Gasteiger partial charge in [-0.3, -0.25) is 0 Å². The molecule has 0 aliphatic heterocycles. The van der Waals surface area contributed by atoms with Gasteiger partial charge in [0.2, 0.25) is 0 Å². The first-order chi connectivity index (χ1) is 9.43. The van der Waals surface area contributed by atoms with E-state index in [0.717, 1.165) is 0 Å². The van der Waals surface area contributed by atoms with Crippen LogP contribution in [0.3, 0.4) is 0 Å². The molecule has 20 heavy (non-hydrogen) atoms. The summed E-state index contributed by atoms with van der Waals surface area (Å²) in [4.78, 5) is 22.6. The number of carbonyl (C=O) groups excluding carboxylic acids is 1. The fourth-order valence-electron chi connectivity index (χ4n) is 1.42. The zero-order valence-electron chi connectivity index (χ0n) is 10.6. The van der Waals surface area contributed by atoms with E-state index >= 15 is 0 Å². The van der Waals surface area contributed by atoms with Crippen molar-refractivity contribution in [1.82, 2.24) is 5.32 Å². The monoisotopic (exact) mass is 304 g/mol. The second-order valence-corrected chi connectivity index (χ2v) is 4.80. The van der Waals surface area contributed by atoms with Gasteiger partial charge in [0.25, 0.3) is 5.76 Å². The summed E-state index contributed by atoms with van der Waals surface area (Å²) in [5.74, 6) is -3.76. The minimum Gasteiger partial charge on any atom is -0.480 e. The summed E-state index contributed by atoms with van der Waals surface area (Å²) in [5, 5.41) is 13.4. The predicted molar refractivity (Wildman–Crippen MR) is 72.2 cm³/mol. The number of alkyl halides is 2. The third-order valence-corrected chi connectivity index (χ3v) is 3.15. The van der Waals surface area contributed by atoms with Crippen LogP contribution in [0.2, 0.25) is 0 Å². The average Bonchev–Trinajstić information content (AvgIpc) is 2.37. The molecule has 0 aromatic heterocycles. The van der Waals surface area contributed by atoms with Crippen LogP contribution in [0.25, 0.3) is 0 Å². The highest BCUT2D eigenvalue weighted by atomic mass is 32.2. The van der Waals surface area contributed by atoms with Crippen LogP contribution in [-0.2, 0) is 4.79 Å². The lowest BCUT2D eigenvalue weighted by Gasteiger charge is -2.14. The van der Waals surface area contributed by atoms with E-state index in [1.807, 2.05) is 0 Å². The minimum atomic E-state index is -2.61. The van der Waals surface area contributed by atoms with Crippen molar-refractivity contribution in [3.05, 3.63) is 24.3 Å². The number of carbonyl (C=O) groups is 2. The van der Waals surface area contributed by atoms with Gasteiger partial charge in [0, 0.05) is 4.90 Å². The molecule has 110 valence electrons. The molecule has 0 saturated carbocycles. The number of rotatable bonds is 6. The molecule has 0 aliphatic rings. The van der Waals surface area contributed by atoms with Crippen LogP contribution < -0.4 is 10.6 Å². The Morgan fingerprint density at radius 1 is 1.35 bits per heavy atom. The minimum absolute atomic E-state index is 0.204. The van der Waals surface area contributed by atoms with Crippen molar-refractivity contribution in [3.8, 4) is 0 Å². The van der Waals surface area contributed by atoms with Crippen LogP contribution >= 0.6 is 11.8 Å². The smallest absolute Gasteiger partial charge is 0.326 e. The number of para-hydroxylation sites is 1. The number of hydrogen-bond donors (Lipinski definition) is 3. The molecule has 0 saturated heterocycles. The van der Waals surface area contributed by atoms with E-state index in [1.165, 1.54) is 12.1 Å². The Hall–Kier alpha value is -1.83. The van der Waals surface area contributed by atoms with Crippen molar-refractivity contribution < 1.29 is 23.5 Å². The predicted octanol–water partition coefficient (Wildman–Crippen LogP) is 2.99. The van der Waals surface area contributed by atoms with Gasteiger partial charge in [0.15, 0.2) is 0 Å². The molecular formula is C12H14F2N2O3S. The Morgan fingerprint density at radius 3 is 2.55 bits per heavy atom. The first kappa shape index (κ1) is 16.2. The molecule has 1 aromatic rings. The van der Waals surface area contributed by atoms with Crippen molar-refractivity contribution >= 4 is 29.4 Å². The zero-order valence-corrected chi connectivity index (χ0v) is 11.4. The van der Waals surface area contributed by atoms with Crippen LogP contribution in [-0.4, -0.2) is 28.9 Å². The summed E-state index contributed by atoms with van der Waals surface area (Å²) < 4.78 is 24.7. The Labute approximate surface area is 118 Å². The molecule has 1 atom stereocenters. The lowest BCUT2D eigenvalue weighted by molar-refractivity contribution is -0.139. The van der Waals surface area contributed by atoms with Gasteiger partial charge in [-0.05, 0) is 18.6 Å². The first-order valence-corrected chi connectivity index (χ1v) is 6.66. The summed E-state index contributed by atoms with van der Waals surface area (Å²) in [5.41, 5.74) is 0.204. The highest BCUT2D eigenvalue weighted by Gasteiger charge is 2.18. The van der Waals surface area contributed by atoms with E-state index in [0.29, 0.717) is 11.8 Å². The fraction of sp³-hybridized carbons (Fsp3) is 0.333. The molecule has 1 aromatic carbocycles. The summed E-state index contributed by atoms with van der Waals surface area (Å²) in [7, 11) is 0. The number of amides is 2. The highest BCUT2D eigenvalue weighted by molar-refractivity contribution is 7.99. The quantitative estimate of drug-likeness (QED) is 0.706. The van der Waals surface area contributed by atoms with E-state index in [4.69, 9.17) is 5.11 Å². The number of nitrogens with one attached hydrogen (secondary N) is 2. The molecule has 0 spiro atoms. The van der Waals surface area contributed by atoms with E-state index in [2.05, 4.69) is 10.6 Å². The zero-order chi connectivity index (χ0) is 15.1. The summed E-state index contributed by atoms with van der Waals surface area (Å²) in [6.45, 7) is 1.61. The Morgan fingerprint density at radius 2 is 2.00 bits per heavy atom. The number of aliphatic carboxylic acids is 1. The van der Waals surface area contributed by atoms with Crippen LogP contribution in [0.1, 0.15) is 13.3 Å². The number of urea groups is 1. The van der Waals surface area contributed by atoms with E-state index in [-0.39, 0.29) is 17.0 Å². The van der Waals surface area contributed by atoms with E-state index < -0.39 is 23.8 Å². The lowest BCUT2D eigenvalue weighted by Crippen LogP contribution is -2.42. The Bertz CT molecular complexity index is 486. The molecule has 3 N–H and O–H groups in total. The molecule has 0 fully saturated rings. The largest absolute Gasteiger partial charge is 0.480 e. The molecule has 0 aliphatic carbocycles. The normalized spacial score (nSPS) is 12.0. The van der Waals surface area contributed by atoms with Crippen LogP contribution in [0.5, 0.6) is 0 Å². The molecule has 2 amide bonds. The number of hydrogen-bond acceptors (Lipinski definition) is 3. The second-order valence-electron chi connectivity index (χ2n) is 3.77. The van der Waals surface area contributed by atoms with Crippen molar-refractivity contribution in [2.45, 2.75) is 30.0 Å². The summed E-state index contributed by atoms with van der Waals surface area (Å²) >= 11 is 0.306. The third kappa shape index (κ3) is 5.04. The van der Waals surface area contributed by atoms with Crippen molar-refractivity contribution in [1.29, 1.82) is 0 Å². The fourth-order valence-corrected chi connectivity index (χ4v) is 2.02. The Balaban J connectivity index is 2.73. The topological polar surface area (TPSA) is 78.4 Å². The van der Waals surface area contributed by atoms with Gasteiger partial charge in [-0.25, -0.2) is 9.59 Å². The van der Waals surface area contributed by atoms with Gasteiger partial charge in [0.05, 0.1) is 5.69 Å². The molecule has 8 heteroatoms. The molecule has 0 bridgehead atoms. The third-order valence-electron chi connectivity index (χ3n) is 2.36. The van der Waals surface area contributed by atoms with E-state index in [1.54, 1.807) is 19.1 Å². The second kappa shape index (κ2) is 7.68. The number of thioether (sulfide) groups is 1. The average molecular weight is 304 g/mol. The Kier molecular flexibility index (Phi) is 6.23. The molecule has 0 unspecified atom stereocenters. The maximum atomic E-state index is 12.4. The molecule has 1 rings (SSSR count). The highest BCUT2D eigenvalue weighted by Crippen LogP contribution is 2.31. The molecule has 0 heterocycles. The van der Waals surface area contributed by atoms with Gasteiger partial charge >= 0.3 is 12.0 Å². The lowest BCUT2D eigenvalue weighted by atomic mass is 10.2. The van der Waals surface area contributed by atoms with Crippen LogP contribution in [0, 0.1) is 0 Å². The molecule has 0 radical (unpaired) electrons. The maximum absolute atomic E-state index is 12.4. The van der Waals surface area contributed by atoms with Crippen molar-refractivity contribution in [2.24, 2.45) is 0 Å². The number of anilines is 1. The van der Waals surface area contributed by atoms with Crippen molar-refractivity contribution in [3.63, 3.8) is 0 Å². The summed E-state index contributed by atoms with van der Waals surface area (Å²) in [6.07, 6.45) is 0.218.